The Morgan fingerprint density at radius 3 is 2.58 bits per heavy atom. The first kappa shape index (κ1) is 43.4. The van der Waals surface area contributed by atoms with E-state index in [0.717, 1.165) is 70.7 Å². The first-order valence-electron chi connectivity index (χ1n) is 20.3. The Labute approximate surface area is 340 Å². The van der Waals surface area contributed by atoms with Crippen molar-refractivity contribution in [2.24, 2.45) is 17.2 Å². The molecule has 0 aliphatic carbocycles. The quantitative estimate of drug-likeness (QED) is 0.0281. The first-order valence-corrected chi connectivity index (χ1v) is 20.3. The molecule has 0 spiro atoms. The molecular formula is C47H64N6O4. The van der Waals surface area contributed by atoms with Gasteiger partial charge in [-0.15, -0.1) is 0 Å². The SMILES string of the molecule is C=COCC(C)(C)Cc1c(-c2cccnc2C(C)OC)n(CC)c2ccc(-c3cccc(CC(NC(=C)C(C4COC4)N(C)C=C)C(=O)CCCCNN)c3)cc12. The van der Waals surface area contributed by atoms with Crippen molar-refractivity contribution in [1.82, 2.24) is 25.2 Å². The second kappa shape index (κ2) is 20.1. The number of fused-ring (bicyclic) bond motifs is 1. The maximum atomic E-state index is 13.9. The Bertz CT molecular complexity index is 2000. The molecule has 3 unspecified atom stereocenters. The number of hydrogen-bond donors (Lipinski definition) is 3. The topological polar surface area (TPSA) is 116 Å². The number of unbranched alkanes of at least 4 members (excludes halogenated alkanes) is 1. The second-order valence-corrected chi connectivity index (χ2v) is 16.0. The van der Waals surface area contributed by atoms with E-state index in [9.17, 15) is 4.79 Å². The Morgan fingerprint density at radius 1 is 1.14 bits per heavy atom. The Kier molecular flexibility index (Phi) is 15.3. The van der Waals surface area contributed by atoms with E-state index in [4.69, 9.17) is 25.0 Å². The largest absolute Gasteiger partial charge is 0.501 e. The van der Waals surface area contributed by atoms with Crippen LogP contribution in [0.3, 0.4) is 0 Å². The molecule has 3 atom stereocenters. The van der Waals surface area contributed by atoms with Crippen molar-refractivity contribution >= 4 is 16.7 Å². The molecule has 0 amide bonds. The summed E-state index contributed by atoms with van der Waals surface area (Å²) in [6.07, 6.45) is 8.31. The number of Topliss-reactive ketones (excluding diaryl/α,β-unsaturated/α-hetero) is 1. The summed E-state index contributed by atoms with van der Waals surface area (Å²) in [6, 6.07) is 19.0. The van der Waals surface area contributed by atoms with Gasteiger partial charge in [-0.3, -0.25) is 21.0 Å². The van der Waals surface area contributed by atoms with Gasteiger partial charge in [-0.2, -0.15) is 0 Å². The van der Waals surface area contributed by atoms with Crippen LogP contribution in [0.25, 0.3) is 33.3 Å². The minimum Gasteiger partial charge on any atom is -0.501 e. The summed E-state index contributed by atoms with van der Waals surface area (Å²) >= 11 is 0. The lowest BCUT2D eigenvalue weighted by atomic mass is 9.84. The normalized spacial score (nSPS) is 14.7. The number of pyridine rings is 1. The van der Waals surface area contributed by atoms with Crippen LogP contribution in [0, 0.1) is 11.3 Å². The third-order valence-corrected chi connectivity index (χ3v) is 11.2. The molecule has 2 aromatic carbocycles. The number of nitrogens with one attached hydrogen (secondary N) is 2. The van der Waals surface area contributed by atoms with Gasteiger partial charge < -0.3 is 29.0 Å². The molecule has 0 saturated carbocycles. The predicted molar refractivity (Wildman–Crippen MR) is 232 cm³/mol. The highest BCUT2D eigenvalue weighted by Gasteiger charge is 2.34. The molecule has 2 aromatic heterocycles. The average Bonchev–Trinajstić information content (AvgIpc) is 3.50. The lowest BCUT2D eigenvalue weighted by molar-refractivity contribution is -0.121. The lowest BCUT2D eigenvalue weighted by Crippen LogP contribution is -2.51. The number of nitrogens with zero attached hydrogens (tertiary/aromatic N) is 3. The highest BCUT2D eigenvalue weighted by Crippen LogP contribution is 2.42. The van der Waals surface area contributed by atoms with E-state index < -0.39 is 6.04 Å². The third kappa shape index (κ3) is 10.4. The number of ether oxygens (including phenoxy) is 3. The van der Waals surface area contributed by atoms with E-state index in [2.05, 4.69) is 109 Å². The molecule has 57 heavy (non-hydrogen) atoms. The van der Waals surface area contributed by atoms with Crippen LogP contribution in [0.1, 0.15) is 69.9 Å². The monoisotopic (exact) mass is 776 g/mol. The second-order valence-electron chi connectivity index (χ2n) is 16.0. The van der Waals surface area contributed by atoms with Crippen molar-refractivity contribution in [2.75, 3.05) is 40.5 Å². The van der Waals surface area contributed by atoms with Crippen LogP contribution in [0.4, 0.5) is 0 Å². The number of likely N-dealkylation sites (N-methyl/N-ethyl adjacent to an activating group) is 1. The van der Waals surface area contributed by atoms with Crippen molar-refractivity contribution in [3.63, 3.8) is 0 Å². The molecule has 0 bridgehead atoms. The van der Waals surface area contributed by atoms with Crippen molar-refractivity contribution in [3.05, 3.63) is 116 Å². The minimum absolute atomic E-state index is 0.0330. The zero-order chi connectivity index (χ0) is 41.1. The maximum Gasteiger partial charge on any atom is 0.155 e. The van der Waals surface area contributed by atoms with Crippen molar-refractivity contribution in [1.29, 1.82) is 0 Å². The number of hydrazine groups is 1. The summed E-state index contributed by atoms with van der Waals surface area (Å²) in [4.78, 5) is 20.8. The van der Waals surface area contributed by atoms with Crippen LogP contribution in [0.5, 0.6) is 0 Å². The smallest absolute Gasteiger partial charge is 0.155 e. The van der Waals surface area contributed by atoms with Crippen molar-refractivity contribution in [3.8, 4) is 22.4 Å². The maximum absolute atomic E-state index is 13.9. The highest BCUT2D eigenvalue weighted by atomic mass is 16.5. The van der Waals surface area contributed by atoms with Gasteiger partial charge in [-0.1, -0.05) is 63.9 Å². The standard InChI is InChI=1S/C47H64N6O4/c1-10-52(8)45(37-29-57-30-37)32(4)51-41(43(54)20-13-14-24-50-48)26-34-17-15-18-35(25-34)36-21-22-42-39(27-36)40(28-47(6,7)31-56-12-3)46(53(42)11-2)38-19-16-23-49-44(38)33(5)55-9/h10,12,15-19,21-23,25,27,33,37,41,45,50-51H,1,3-4,11,13-14,20,24,26,28-31,48H2,2,5-9H3. The van der Waals surface area contributed by atoms with Gasteiger partial charge >= 0.3 is 0 Å². The molecule has 0 radical (unpaired) electrons. The van der Waals surface area contributed by atoms with Gasteiger partial charge in [0.15, 0.2) is 5.78 Å². The highest BCUT2D eigenvalue weighted by molar-refractivity contribution is 5.95. The van der Waals surface area contributed by atoms with Crippen molar-refractivity contribution < 1.29 is 19.0 Å². The van der Waals surface area contributed by atoms with Crippen LogP contribution < -0.4 is 16.6 Å². The number of ketones is 1. The zero-order valence-corrected chi connectivity index (χ0v) is 35.0. The molecule has 3 heterocycles. The molecule has 10 nitrogen and oxygen atoms in total. The molecule has 1 aliphatic rings. The van der Waals surface area contributed by atoms with Crippen LogP contribution in [0.15, 0.2) is 98.7 Å². The first-order chi connectivity index (χ1) is 27.5. The summed E-state index contributed by atoms with van der Waals surface area (Å²) in [5, 5.41) is 4.77. The van der Waals surface area contributed by atoms with Crippen LogP contribution in [0.2, 0.25) is 0 Å². The zero-order valence-electron chi connectivity index (χ0n) is 35.0. The number of rotatable bonds is 24. The Morgan fingerprint density at radius 2 is 1.91 bits per heavy atom. The summed E-state index contributed by atoms with van der Waals surface area (Å²) < 4.78 is 19.5. The predicted octanol–water partition coefficient (Wildman–Crippen LogP) is 8.13. The fourth-order valence-electron chi connectivity index (χ4n) is 8.07. The van der Waals surface area contributed by atoms with E-state index in [-0.39, 0.29) is 29.3 Å². The van der Waals surface area contributed by atoms with Crippen LogP contribution in [-0.4, -0.2) is 72.8 Å². The van der Waals surface area contributed by atoms with E-state index in [0.29, 0.717) is 39.2 Å². The van der Waals surface area contributed by atoms with Gasteiger partial charge in [0.25, 0.3) is 0 Å². The van der Waals surface area contributed by atoms with Gasteiger partial charge in [0.1, 0.15) is 0 Å². The summed E-state index contributed by atoms with van der Waals surface area (Å²) in [5.41, 5.74) is 12.1. The van der Waals surface area contributed by atoms with E-state index in [1.54, 1.807) is 7.11 Å². The number of carbonyl (C=O) groups is 1. The summed E-state index contributed by atoms with van der Waals surface area (Å²) in [6.45, 7) is 24.2. The molecule has 1 saturated heterocycles. The van der Waals surface area contributed by atoms with Crippen LogP contribution >= 0.6 is 0 Å². The van der Waals surface area contributed by atoms with Gasteiger partial charge in [-0.25, -0.2) is 0 Å². The van der Waals surface area contributed by atoms with Gasteiger partial charge in [0.2, 0.25) is 0 Å². The van der Waals surface area contributed by atoms with Gasteiger partial charge in [-0.05, 0) is 92.2 Å². The fourth-order valence-corrected chi connectivity index (χ4v) is 8.07. The number of methoxy groups -OCH3 is 1. The van der Waals surface area contributed by atoms with Crippen LogP contribution in [-0.2, 0) is 38.4 Å². The van der Waals surface area contributed by atoms with E-state index in [1.165, 1.54) is 17.2 Å². The molecule has 1 fully saturated rings. The number of hydrogen-bond acceptors (Lipinski definition) is 9. The number of nitrogens with two attached hydrogens (primary N) is 1. The molecule has 10 heteroatoms. The average molecular weight is 777 g/mol. The van der Waals surface area contributed by atoms with E-state index in [1.807, 2.05) is 32.4 Å². The van der Waals surface area contributed by atoms with Gasteiger partial charge in [0, 0.05) is 73.4 Å². The molecule has 4 N–H and O–H groups in total. The summed E-state index contributed by atoms with van der Waals surface area (Å²) in [5.74, 6) is 5.94. The lowest BCUT2D eigenvalue weighted by Gasteiger charge is -2.40. The molecule has 306 valence electrons. The third-order valence-electron chi connectivity index (χ3n) is 11.2. The summed E-state index contributed by atoms with van der Waals surface area (Å²) in [7, 11) is 3.72. The molecule has 5 rings (SSSR count). The Hall–Kier alpha value is -4.74. The minimum atomic E-state index is -0.446. The number of benzene rings is 2. The number of aryl methyl sites for hydroxylation is 1. The number of aromatic nitrogens is 2. The molecule has 4 aromatic rings. The molecular weight excluding hydrogens is 713 g/mol. The van der Waals surface area contributed by atoms with Gasteiger partial charge in [0.05, 0.1) is 55.7 Å². The van der Waals surface area contributed by atoms with E-state index >= 15 is 0 Å². The van der Waals surface area contributed by atoms with Crippen molar-refractivity contribution in [2.45, 2.75) is 84.5 Å². The Balaban J connectivity index is 1.55. The molecule has 1 aliphatic heterocycles. The fraction of sp³-hybridized carbons (Fsp3) is 0.447. The number of carbonyl (C=O) groups excluding carboxylic acids is 1.